The minimum atomic E-state index is 0.590. The number of ether oxygens (including phenoxy) is 3. The standard InChI is InChI=1S/C15H23NO3/c1-17-14-4-6-15(7-5-14)19-10-9-18-12-13-3-2-8-16-11-13/h4-7,13,16H,2-3,8-12H2,1H3. The Bertz CT molecular complexity index is 347. The number of benzene rings is 1. The highest BCUT2D eigenvalue weighted by Gasteiger charge is 2.12. The van der Waals surface area contributed by atoms with Crippen LogP contribution in [0.3, 0.4) is 0 Å². The second kappa shape index (κ2) is 8.02. The Morgan fingerprint density at radius 1 is 1.16 bits per heavy atom. The van der Waals surface area contributed by atoms with Crippen LogP contribution < -0.4 is 14.8 Å². The minimum Gasteiger partial charge on any atom is -0.497 e. The van der Waals surface area contributed by atoms with Crippen LogP contribution in [0.5, 0.6) is 11.5 Å². The molecule has 1 fully saturated rings. The lowest BCUT2D eigenvalue weighted by Crippen LogP contribution is -2.32. The fourth-order valence-electron chi connectivity index (χ4n) is 2.21. The predicted molar refractivity (Wildman–Crippen MR) is 74.9 cm³/mol. The van der Waals surface area contributed by atoms with Crippen LogP contribution in [-0.4, -0.2) is 40.0 Å². The van der Waals surface area contributed by atoms with Gasteiger partial charge in [-0.15, -0.1) is 0 Å². The van der Waals surface area contributed by atoms with Gasteiger partial charge in [0.25, 0.3) is 0 Å². The van der Waals surface area contributed by atoms with Crippen LogP contribution in [0.15, 0.2) is 24.3 Å². The van der Waals surface area contributed by atoms with E-state index in [1.807, 2.05) is 24.3 Å². The fourth-order valence-corrected chi connectivity index (χ4v) is 2.21. The minimum absolute atomic E-state index is 0.590. The molecule has 1 N–H and O–H groups in total. The van der Waals surface area contributed by atoms with E-state index in [1.165, 1.54) is 12.8 Å². The van der Waals surface area contributed by atoms with Crippen LogP contribution in [0, 0.1) is 5.92 Å². The molecule has 1 atom stereocenters. The number of rotatable bonds is 7. The molecule has 0 aromatic heterocycles. The van der Waals surface area contributed by atoms with Gasteiger partial charge in [-0.3, -0.25) is 0 Å². The van der Waals surface area contributed by atoms with E-state index in [-0.39, 0.29) is 0 Å². The molecule has 0 aliphatic carbocycles. The molecule has 19 heavy (non-hydrogen) atoms. The van der Waals surface area contributed by atoms with Crippen LogP contribution >= 0.6 is 0 Å². The summed E-state index contributed by atoms with van der Waals surface area (Å²) in [5.74, 6) is 2.35. The topological polar surface area (TPSA) is 39.7 Å². The maximum Gasteiger partial charge on any atom is 0.119 e. The van der Waals surface area contributed by atoms with Crippen molar-refractivity contribution in [1.29, 1.82) is 0 Å². The number of piperidine rings is 1. The zero-order valence-corrected chi connectivity index (χ0v) is 11.6. The maximum atomic E-state index is 5.65. The van der Waals surface area contributed by atoms with E-state index < -0.39 is 0 Å². The molecule has 1 aliphatic heterocycles. The SMILES string of the molecule is COc1ccc(OCCOCC2CCCNC2)cc1. The number of methoxy groups -OCH3 is 1. The van der Waals surface area contributed by atoms with E-state index in [1.54, 1.807) is 7.11 Å². The van der Waals surface area contributed by atoms with E-state index in [0.717, 1.165) is 31.2 Å². The Morgan fingerprint density at radius 2 is 1.95 bits per heavy atom. The first-order valence-corrected chi connectivity index (χ1v) is 6.94. The molecule has 0 amide bonds. The predicted octanol–water partition coefficient (Wildman–Crippen LogP) is 2.09. The summed E-state index contributed by atoms with van der Waals surface area (Å²) in [6, 6.07) is 7.60. The molecule has 1 aliphatic rings. The smallest absolute Gasteiger partial charge is 0.119 e. The van der Waals surface area contributed by atoms with Crippen molar-refractivity contribution in [3.05, 3.63) is 24.3 Å². The summed E-state index contributed by atoms with van der Waals surface area (Å²) in [4.78, 5) is 0. The molecule has 4 nitrogen and oxygen atoms in total. The van der Waals surface area contributed by atoms with E-state index in [4.69, 9.17) is 14.2 Å². The Labute approximate surface area is 115 Å². The van der Waals surface area contributed by atoms with Crippen molar-refractivity contribution in [1.82, 2.24) is 5.32 Å². The monoisotopic (exact) mass is 265 g/mol. The highest BCUT2D eigenvalue weighted by atomic mass is 16.5. The summed E-state index contributed by atoms with van der Waals surface area (Å²) in [5, 5.41) is 3.39. The lowest BCUT2D eigenvalue weighted by molar-refractivity contribution is 0.0671. The largest absolute Gasteiger partial charge is 0.497 e. The summed E-state index contributed by atoms with van der Waals surface area (Å²) in [5.41, 5.74) is 0. The summed E-state index contributed by atoms with van der Waals surface area (Å²) >= 11 is 0. The van der Waals surface area contributed by atoms with Gasteiger partial charge in [0.1, 0.15) is 18.1 Å². The fraction of sp³-hybridized carbons (Fsp3) is 0.600. The molecule has 0 spiro atoms. The van der Waals surface area contributed by atoms with E-state index in [9.17, 15) is 0 Å². The second-order valence-electron chi connectivity index (χ2n) is 4.81. The zero-order chi connectivity index (χ0) is 13.3. The Morgan fingerprint density at radius 3 is 2.63 bits per heavy atom. The normalized spacial score (nSPS) is 19.1. The first-order chi connectivity index (χ1) is 9.38. The summed E-state index contributed by atoms with van der Waals surface area (Å²) in [6.45, 7) is 4.30. The van der Waals surface area contributed by atoms with Crippen LogP contribution in [0.1, 0.15) is 12.8 Å². The first kappa shape index (κ1) is 14.2. The van der Waals surface area contributed by atoms with Crippen molar-refractivity contribution >= 4 is 0 Å². The first-order valence-electron chi connectivity index (χ1n) is 6.94. The van der Waals surface area contributed by atoms with Crippen LogP contribution in [0.4, 0.5) is 0 Å². The lowest BCUT2D eigenvalue weighted by Gasteiger charge is -2.22. The molecular formula is C15H23NO3. The average Bonchev–Trinajstić information content (AvgIpc) is 2.49. The van der Waals surface area contributed by atoms with Crippen molar-refractivity contribution in [2.24, 2.45) is 5.92 Å². The van der Waals surface area contributed by atoms with Crippen molar-refractivity contribution < 1.29 is 14.2 Å². The molecule has 106 valence electrons. The van der Waals surface area contributed by atoms with Gasteiger partial charge in [-0.2, -0.15) is 0 Å². The molecule has 0 saturated carbocycles. The summed E-state index contributed by atoms with van der Waals surface area (Å²) in [6.07, 6.45) is 2.53. The van der Waals surface area contributed by atoms with Gasteiger partial charge in [0.15, 0.2) is 0 Å². The molecular weight excluding hydrogens is 242 g/mol. The van der Waals surface area contributed by atoms with Gasteiger partial charge in [-0.1, -0.05) is 0 Å². The molecule has 1 aromatic rings. The molecule has 0 radical (unpaired) electrons. The van der Waals surface area contributed by atoms with Crippen molar-refractivity contribution in [2.75, 3.05) is 40.0 Å². The van der Waals surface area contributed by atoms with Gasteiger partial charge in [0.05, 0.1) is 20.3 Å². The van der Waals surface area contributed by atoms with E-state index in [2.05, 4.69) is 5.32 Å². The van der Waals surface area contributed by atoms with Crippen molar-refractivity contribution in [3.8, 4) is 11.5 Å². The molecule has 1 heterocycles. The quantitative estimate of drug-likeness (QED) is 0.766. The average molecular weight is 265 g/mol. The Balaban J connectivity index is 1.55. The third kappa shape index (κ3) is 5.09. The van der Waals surface area contributed by atoms with Gasteiger partial charge in [-0.25, -0.2) is 0 Å². The van der Waals surface area contributed by atoms with Gasteiger partial charge in [0, 0.05) is 6.54 Å². The van der Waals surface area contributed by atoms with Crippen LogP contribution in [0.2, 0.25) is 0 Å². The summed E-state index contributed by atoms with van der Waals surface area (Å²) in [7, 11) is 1.66. The van der Waals surface area contributed by atoms with Gasteiger partial charge in [-0.05, 0) is 49.6 Å². The van der Waals surface area contributed by atoms with Gasteiger partial charge in [0.2, 0.25) is 0 Å². The molecule has 1 aromatic carbocycles. The van der Waals surface area contributed by atoms with Gasteiger partial charge >= 0.3 is 0 Å². The third-order valence-electron chi connectivity index (χ3n) is 3.31. The lowest BCUT2D eigenvalue weighted by atomic mass is 10.0. The number of hydrogen-bond donors (Lipinski definition) is 1. The van der Waals surface area contributed by atoms with Gasteiger partial charge < -0.3 is 19.5 Å². The number of hydrogen-bond acceptors (Lipinski definition) is 4. The highest BCUT2D eigenvalue weighted by Crippen LogP contribution is 2.16. The van der Waals surface area contributed by atoms with E-state index >= 15 is 0 Å². The van der Waals surface area contributed by atoms with E-state index in [0.29, 0.717) is 19.1 Å². The molecule has 0 bridgehead atoms. The Kier molecular flexibility index (Phi) is 5.98. The third-order valence-corrected chi connectivity index (χ3v) is 3.31. The van der Waals surface area contributed by atoms with Crippen molar-refractivity contribution in [3.63, 3.8) is 0 Å². The Hall–Kier alpha value is -1.26. The number of nitrogens with one attached hydrogen (secondary N) is 1. The molecule has 1 saturated heterocycles. The van der Waals surface area contributed by atoms with Crippen LogP contribution in [0.25, 0.3) is 0 Å². The van der Waals surface area contributed by atoms with Crippen molar-refractivity contribution in [2.45, 2.75) is 12.8 Å². The second-order valence-corrected chi connectivity index (χ2v) is 4.81. The molecule has 1 unspecified atom stereocenters. The molecule has 4 heteroatoms. The summed E-state index contributed by atoms with van der Waals surface area (Å²) < 4.78 is 16.3. The zero-order valence-electron chi connectivity index (χ0n) is 11.6. The maximum absolute atomic E-state index is 5.65. The molecule has 2 rings (SSSR count). The highest BCUT2D eigenvalue weighted by molar-refractivity contribution is 5.31. The van der Waals surface area contributed by atoms with Crippen LogP contribution in [-0.2, 0) is 4.74 Å².